The van der Waals surface area contributed by atoms with Gasteiger partial charge in [0.15, 0.2) is 11.5 Å². The number of esters is 1. The van der Waals surface area contributed by atoms with E-state index in [4.69, 9.17) is 9.47 Å². The summed E-state index contributed by atoms with van der Waals surface area (Å²) in [6, 6.07) is 14.3. The van der Waals surface area contributed by atoms with Gasteiger partial charge in [-0.25, -0.2) is 4.98 Å². The van der Waals surface area contributed by atoms with Crippen LogP contribution in [0.15, 0.2) is 48.5 Å². The number of ether oxygens (including phenoxy) is 2. The van der Waals surface area contributed by atoms with E-state index >= 15 is 0 Å². The highest BCUT2D eigenvalue weighted by Gasteiger charge is 2.07. The van der Waals surface area contributed by atoms with Crippen LogP contribution in [0.5, 0.6) is 17.2 Å². The van der Waals surface area contributed by atoms with Crippen molar-refractivity contribution >= 4 is 29.0 Å². The summed E-state index contributed by atoms with van der Waals surface area (Å²) in [5, 5.41) is 10.8. The second-order valence-electron chi connectivity index (χ2n) is 5.42. The van der Waals surface area contributed by atoms with Crippen molar-refractivity contribution in [2.75, 3.05) is 7.11 Å². The van der Waals surface area contributed by atoms with Crippen molar-refractivity contribution in [2.24, 2.45) is 0 Å². The molecule has 2 aromatic carbocycles. The van der Waals surface area contributed by atoms with Crippen molar-refractivity contribution in [3.8, 4) is 17.2 Å². The lowest BCUT2D eigenvalue weighted by Gasteiger charge is -2.08. The predicted octanol–water partition coefficient (Wildman–Crippen LogP) is 4.04. The Bertz CT molecular complexity index is 963. The molecule has 0 fully saturated rings. The number of phenolic OH excluding ortho intramolecular Hbond substituents is 1. The molecule has 0 radical (unpaired) electrons. The lowest BCUT2D eigenvalue weighted by molar-refractivity contribution is -0.132. The number of nitrogens with zero attached hydrogens (tertiary/aromatic N) is 1. The van der Waals surface area contributed by atoms with Crippen LogP contribution in [0.4, 0.5) is 0 Å². The molecule has 0 unspecified atom stereocenters. The maximum Gasteiger partial charge on any atom is 0.308 e. The molecule has 3 aromatic rings. The average Bonchev–Trinajstić information content (AvgIpc) is 2.61. The Morgan fingerprint density at radius 3 is 2.68 bits per heavy atom. The molecule has 0 atom stereocenters. The predicted molar refractivity (Wildman–Crippen MR) is 96.6 cm³/mol. The first kappa shape index (κ1) is 16.5. The van der Waals surface area contributed by atoms with Gasteiger partial charge in [0.1, 0.15) is 11.3 Å². The Labute approximate surface area is 145 Å². The highest BCUT2D eigenvalue weighted by atomic mass is 16.6. The third kappa shape index (κ3) is 3.77. The summed E-state index contributed by atoms with van der Waals surface area (Å²) in [6.07, 6.45) is 3.71. The number of aromatic hydroxyl groups is 1. The summed E-state index contributed by atoms with van der Waals surface area (Å²) < 4.78 is 10.3. The molecule has 0 bridgehead atoms. The van der Waals surface area contributed by atoms with Gasteiger partial charge in [0, 0.05) is 12.3 Å². The Balaban J connectivity index is 1.89. The van der Waals surface area contributed by atoms with Crippen LogP contribution in [0.25, 0.3) is 23.1 Å². The van der Waals surface area contributed by atoms with E-state index in [1.54, 1.807) is 24.3 Å². The quantitative estimate of drug-likeness (QED) is 0.575. The van der Waals surface area contributed by atoms with E-state index in [2.05, 4.69) is 4.98 Å². The zero-order valence-corrected chi connectivity index (χ0v) is 13.9. The number of carbonyl (C=O) groups excluding carboxylic acids is 1. The van der Waals surface area contributed by atoms with Crippen molar-refractivity contribution in [3.05, 3.63) is 59.8 Å². The lowest BCUT2D eigenvalue weighted by Crippen LogP contribution is -2.02. The first-order chi connectivity index (χ1) is 12.1. The number of hydrogen-bond donors (Lipinski definition) is 1. The smallest absolute Gasteiger partial charge is 0.308 e. The van der Waals surface area contributed by atoms with E-state index in [9.17, 15) is 9.90 Å². The maximum atomic E-state index is 11.1. The summed E-state index contributed by atoms with van der Waals surface area (Å²) >= 11 is 0. The van der Waals surface area contributed by atoms with Gasteiger partial charge < -0.3 is 14.6 Å². The van der Waals surface area contributed by atoms with Gasteiger partial charge >= 0.3 is 5.97 Å². The summed E-state index contributed by atoms with van der Waals surface area (Å²) in [6.45, 7) is 1.34. The van der Waals surface area contributed by atoms with E-state index in [0.717, 1.165) is 16.6 Å². The van der Waals surface area contributed by atoms with Crippen molar-refractivity contribution in [3.63, 3.8) is 0 Å². The molecule has 3 rings (SSSR count). The summed E-state index contributed by atoms with van der Waals surface area (Å²) in [7, 11) is 1.52. The molecule has 126 valence electrons. The number of fused-ring (bicyclic) bond motifs is 1. The zero-order chi connectivity index (χ0) is 17.8. The standard InChI is InChI=1S/C20H17NO4/c1-13(22)25-18-11-7-14(12-19(18)24-2)6-9-16-10-8-15-4-3-5-17(23)20(15)21-16/h3-12,23H,1-2H3. The SMILES string of the molecule is COc1cc(C=Cc2ccc3cccc(O)c3n2)ccc1OC(C)=O. The van der Waals surface area contributed by atoms with Gasteiger partial charge in [-0.1, -0.05) is 30.3 Å². The minimum Gasteiger partial charge on any atom is -0.506 e. The van der Waals surface area contributed by atoms with Crippen molar-refractivity contribution in [1.29, 1.82) is 0 Å². The Morgan fingerprint density at radius 2 is 1.92 bits per heavy atom. The van der Waals surface area contributed by atoms with Crippen LogP contribution in [0.2, 0.25) is 0 Å². The highest BCUT2D eigenvalue weighted by molar-refractivity contribution is 5.85. The molecular weight excluding hydrogens is 318 g/mol. The zero-order valence-electron chi connectivity index (χ0n) is 13.9. The third-order valence-corrected chi connectivity index (χ3v) is 3.61. The first-order valence-electron chi connectivity index (χ1n) is 7.70. The first-order valence-corrected chi connectivity index (χ1v) is 7.70. The van der Waals surface area contributed by atoms with Crippen molar-refractivity contribution < 1.29 is 19.4 Å². The van der Waals surface area contributed by atoms with Crippen LogP contribution in [-0.4, -0.2) is 23.2 Å². The molecule has 0 amide bonds. The fourth-order valence-electron chi connectivity index (χ4n) is 2.45. The van der Waals surface area contributed by atoms with Gasteiger partial charge in [0.2, 0.25) is 0 Å². The van der Waals surface area contributed by atoms with Gasteiger partial charge in [-0.2, -0.15) is 0 Å². The number of hydrogen-bond acceptors (Lipinski definition) is 5. The molecule has 5 nitrogen and oxygen atoms in total. The van der Waals surface area contributed by atoms with Crippen LogP contribution in [0, 0.1) is 0 Å². The molecule has 0 saturated carbocycles. The molecule has 0 spiro atoms. The van der Waals surface area contributed by atoms with Crippen LogP contribution in [-0.2, 0) is 4.79 Å². The molecule has 25 heavy (non-hydrogen) atoms. The molecular formula is C20H17NO4. The van der Waals surface area contributed by atoms with Crippen LogP contribution in [0.1, 0.15) is 18.2 Å². The molecule has 0 saturated heterocycles. The van der Waals surface area contributed by atoms with Gasteiger partial charge in [0.05, 0.1) is 12.8 Å². The molecule has 0 aliphatic heterocycles. The number of aromatic nitrogens is 1. The Hall–Kier alpha value is -3.34. The van der Waals surface area contributed by atoms with Crippen LogP contribution in [0.3, 0.4) is 0 Å². The number of pyridine rings is 1. The minimum absolute atomic E-state index is 0.153. The fourth-order valence-corrected chi connectivity index (χ4v) is 2.45. The minimum atomic E-state index is -0.401. The molecule has 0 aliphatic carbocycles. The number of methoxy groups -OCH3 is 1. The maximum absolute atomic E-state index is 11.1. The van der Waals surface area contributed by atoms with E-state index in [1.807, 2.05) is 36.4 Å². The van der Waals surface area contributed by atoms with Gasteiger partial charge in [0.25, 0.3) is 0 Å². The monoisotopic (exact) mass is 335 g/mol. The summed E-state index contributed by atoms with van der Waals surface area (Å²) in [5.41, 5.74) is 2.15. The van der Waals surface area contributed by atoms with Gasteiger partial charge in [-0.3, -0.25) is 4.79 Å². The number of carbonyl (C=O) groups is 1. The van der Waals surface area contributed by atoms with Crippen molar-refractivity contribution in [1.82, 2.24) is 4.98 Å². The Morgan fingerprint density at radius 1 is 1.08 bits per heavy atom. The highest BCUT2D eigenvalue weighted by Crippen LogP contribution is 2.29. The number of rotatable bonds is 4. The number of phenols is 1. The van der Waals surface area contributed by atoms with Crippen LogP contribution < -0.4 is 9.47 Å². The summed E-state index contributed by atoms with van der Waals surface area (Å²) in [5.74, 6) is 0.601. The van der Waals surface area contributed by atoms with E-state index in [-0.39, 0.29) is 5.75 Å². The molecule has 1 aromatic heterocycles. The van der Waals surface area contributed by atoms with E-state index in [1.165, 1.54) is 14.0 Å². The largest absolute Gasteiger partial charge is 0.506 e. The third-order valence-electron chi connectivity index (χ3n) is 3.61. The molecule has 5 heteroatoms. The second-order valence-corrected chi connectivity index (χ2v) is 5.42. The number of benzene rings is 2. The van der Waals surface area contributed by atoms with E-state index in [0.29, 0.717) is 17.0 Å². The van der Waals surface area contributed by atoms with E-state index < -0.39 is 5.97 Å². The second kappa shape index (κ2) is 7.05. The Kier molecular flexibility index (Phi) is 4.66. The number of para-hydroxylation sites is 1. The van der Waals surface area contributed by atoms with Crippen LogP contribution >= 0.6 is 0 Å². The average molecular weight is 335 g/mol. The molecule has 0 aliphatic rings. The summed E-state index contributed by atoms with van der Waals surface area (Å²) in [4.78, 5) is 15.5. The van der Waals surface area contributed by atoms with Gasteiger partial charge in [-0.15, -0.1) is 0 Å². The normalized spacial score (nSPS) is 11.0. The van der Waals surface area contributed by atoms with Gasteiger partial charge in [-0.05, 0) is 35.9 Å². The molecule has 1 N–H and O–H groups in total. The lowest BCUT2D eigenvalue weighted by atomic mass is 10.1. The fraction of sp³-hybridized carbons (Fsp3) is 0.100. The topological polar surface area (TPSA) is 68.7 Å². The van der Waals surface area contributed by atoms with Crippen molar-refractivity contribution in [2.45, 2.75) is 6.92 Å². The molecule has 1 heterocycles.